The molecule has 2 amide bonds. The van der Waals surface area contributed by atoms with Crippen molar-refractivity contribution >= 4 is 17.5 Å². The number of nitrogens with zero attached hydrogens (tertiary/aromatic N) is 1. The second-order valence-corrected chi connectivity index (χ2v) is 3.97. The van der Waals surface area contributed by atoms with Gasteiger partial charge in [0.05, 0.1) is 6.54 Å². The first-order chi connectivity index (χ1) is 8.20. The van der Waals surface area contributed by atoms with Crippen molar-refractivity contribution in [3.63, 3.8) is 0 Å². The van der Waals surface area contributed by atoms with Crippen LogP contribution < -0.4 is 16.0 Å². The molecule has 1 aromatic rings. The van der Waals surface area contributed by atoms with Gasteiger partial charge in [0.1, 0.15) is 6.54 Å². The Morgan fingerprint density at radius 2 is 2.18 bits per heavy atom. The number of anilines is 1. The molecule has 17 heavy (non-hydrogen) atoms. The highest BCUT2D eigenvalue weighted by Gasteiger charge is 2.24. The minimum absolute atomic E-state index is 0.0694. The third-order valence-corrected chi connectivity index (χ3v) is 2.69. The van der Waals surface area contributed by atoms with E-state index < -0.39 is 0 Å². The second kappa shape index (κ2) is 4.97. The molecule has 0 aliphatic carbocycles. The lowest BCUT2D eigenvalue weighted by Gasteiger charge is -2.27. The summed E-state index contributed by atoms with van der Waals surface area (Å²) < 4.78 is 0. The SMILES string of the molecule is NCCc1cccc(N2CC(=O)NCC2=O)c1. The van der Waals surface area contributed by atoms with E-state index in [4.69, 9.17) is 5.73 Å². The summed E-state index contributed by atoms with van der Waals surface area (Å²) in [4.78, 5) is 24.5. The predicted octanol–water partition coefficient (Wildman–Crippen LogP) is -0.349. The Kier molecular flexibility index (Phi) is 3.39. The van der Waals surface area contributed by atoms with E-state index >= 15 is 0 Å². The Hall–Kier alpha value is -1.88. The molecule has 2 rings (SSSR count). The fourth-order valence-electron chi connectivity index (χ4n) is 1.84. The van der Waals surface area contributed by atoms with Gasteiger partial charge in [-0.3, -0.25) is 9.59 Å². The first-order valence-corrected chi connectivity index (χ1v) is 5.57. The van der Waals surface area contributed by atoms with E-state index in [9.17, 15) is 9.59 Å². The number of nitrogens with two attached hydrogens (primary N) is 1. The number of rotatable bonds is 3. The van der Waals surface area contributed by atoms with Crippen molar-refractivity contribution in [2.45, 2.75) is 6.42 Å². The molecule has 0 unspecified atom stereocenters. The summed E-state index contributed by atoms with van der Waals surface area (Å²) in [7, 11) is 0. The third kappa shape index (κ3) is 2.62. The monoisotopic (exact) mass is 233 g/mol. The molecule has 5 heteroatoms. The number of hydrogen-bond acceptors (Lipinski definition) is 3. The molecule has 1 aromatic carbocycles. The molecule has 0 spiro atoms. The van der Waals surface area contributed by atoms with Crippen LogP contribution in [0.25, 0.3) is 0 Å². The molecule has 0 radical (unpaired) electrons. The smallest absolute Gasteiger partial charge is 0.246 e. The van der Waals surface area contributed by atoms with E-state index in [0.717, 1.165) is 17.7 Å². The molecule has 1 aliphatic heterocycles. The van der Waals surface area contributed by atoms with Gasteiger partial charge in [0.2, 0.25) is 11.8 Å². The zero-order chi connectivity index (χ0) is 12.3. The molecule has 5 nitrogen and oxygen atoms in total. The maximum absolute atomic E-state index is 11.7. The Labute approximate surface area is 99.6 Å². The van der Waals surface area contributed by atoms with Crippen LogP contribution in [-0.2, 0) is 16.0 Å². The lowest BCUT2D eigenvalue weighted by atomic mass is 10.1. The van der Waals surface area contributed by atoms with E-state index in [0.29, 0.717) is 6.54 Å². The van der Waals surface area contributed by atoms with Crippen LogP contribution in [0.4, 0.5) is 5.69 Å². The summed E-state index contributed by atoms with van der Waals surface area (Å²) in [6.07, 6.45) is 0.766. The Morgan fingerprint density at radius 3 is 2.94 bits per heavy atom. The van der Waals surface area contributed by atoms with Gasteiger partial charge in [-0.2, -0.15) is 0 Å². The molecular weight excluding hydrogens is 218 g/mol. The molecule has 1 fully saturated rings. The largest absolute Gasteiger partial charge is 0.345 e. The normalized spacial score (nSPS) is 15.9. The van der Waals surface area contributed by atoms with Crippen molar-refractivity contribution in [2.75, 3.05) is 24.5 Å². The molecule has 0 bridgehead atoms. The highest BCUT2D eigenvalue weighted by Crippen LogP contribution is 2.17. The first-order valence-electron chi connectivity index (χ1n) is 5.57. The lowest BCUT2D eigenvalue weighted by molar-refractivity contribution is -0.128. The fraction of sp³-hybridized carbons (Fsp3) is 0.333. The van der Waals surface area contributed by atoms with Crippen molar-refractivity contribution in [3.8, 4) is 0 Å². The van der Waals surface area contributed by atoms with E-state index in [1.165, 1.54) is 4.90 Å². The van der Waals surface area contributed by atoms with Crippen LogP contribution in [0.1, 0.15) is 5.56 Å². The summed E-state index contributed by atoms with van der Waals surface area (Å²) >= 11 is 0. The van der Waals surface area contributed by atoms with E-state index in [1.807, 2.05) is 24.3 Å². The van der Waals surface area contributed by atoms with Crippen molar-refractivity contribution in [1.82, 2.24) is 5.32 Å². The summed E-state index contributed by atoms with van der Waals surface area (Å²) in [5, 5.41) is 2.52. The summed E-state index contributed by atoms with van der Waals surface area (Å²) in [6.45, 7) is 0.725. The number of benzene rings is 1. The molecule has 90 valence electrons. The van der Waals surface area contributed by atoms with Crippen LogP contribution in [-0.4, -0.2) is 31.4 Å². The van der Waals surface area contributed by atoms with Crippen LogP contribution in [0.5, 0.6) is 0 Å². The van der Waals surface area contributed by atoms with Crippen molar-refractivity contribution in [1.29, 1.82) is 0 Å². The van der Waals surface area contributed by atoms with Gasteiger partial charge in [0.25, 0.3) is 0 Å². The van der Waals surface area contributed by atoms with Gasteiger partial charge in [-0.25, -0.2) is 0 Å². The minimum atomic E-state index is -0.131. The number of piperazine rings is 1. The minimum Gasteiger partial charge on any atom is -0.345 e. The average molecular weight is 233 g/mol. The number of amides is 2. The van der Waals surface area contributed by atoms with Crippen molar-refractivity contribution < 1.29 is 9.59 Å². The molecule has 1 aliphatic rings. The Balaban J connectivity index is 2.22. The van der Waals surface area contributed by atoms with E-state index in [2.05, 4.69) is 5.32 Å². The molecule has 0 saturated carbocycles. The van der Waals surface area contributed by atoms with Gasteiger partial charge in [-0.05, 0) is 30.7 Å². The van der Waals surface area contributed by atoms with Crippen molar-refractivity contribution in [3.05, 3.63) is 29.8 Å². The maximum atomic E-state index is 11.7. The van der Waals surface area contributed by atoms with Crippen LogP contribution in [0.2, 0.25) is 0 Å². The van der Waals surface area contributed by atoms with Crippen LogP contribution in [0.15, 0.2) is 24.3 Å². The number of hydrogen-bond donors (Lipinski definition) is 2. The maximum Gasteiger partial charge on any atom is 0.246 e. The van der Waals surface area contributed by atoms with Crippen LogP contribution in [0, 0.1) is 0 Å². The highest BCUT2D eigenvalue weighted by atomic mass is 16.2. The number of nitrogens with one attached hydrogen (secondary N) is 1. The third-order valence-electron chi connectivity index (χ3n) is 2.69. The Morgan fingerprint density at radius 1 is 1.35 bits per heavy atom. The summed E-state index contributed by atoms with van der Waals surface area (Å²) in [5.74, 6) is -0.219. The fourth-order valence-corrected chi connectivity index (χ4v) is 1.84. The van der Waals surface area contributed by atoms with Gasteiger partial charge in [-0.1, -0.05) is 12.1 Å². The summed E-state index contributed by atoms with van der Waals surface area (Å²) in [5.41, 5.74) is 7.33. The zero-order valence-corrected chi connectivity index (χ0v) is 9.48. The molecule has 1 heterocycles. The first kappa shape index (κ1) is 11.6. The van der Waals surface area contributed by atoms with E-state index in [-0.39, 0.29) is 24.9 Å². The predicted molar refractivity (Wildman–Crippen MR) is 64.6 cm³/mol. The molecule has 1 saturated heterocycles. The number of carbonyl (C=O) groups is 2. The van der Waals surface area contributed by atoms with Gasteiger partial charge in [-0.15, -0.1) is 0 Å². The highest BCUT2D eigenvalue weighted by molar-refractivity contribution is 6.04. The Bertz CT molecular complexity index is 445. The van der Waals surface area contributed by atoms with Gasteiger partial charge >= 0.3 is 0 Å². The van der Waals surface area contributed by atoms with Gasteiger partial charge < -0.3 is 16.0 Å². The second-order valence-electron chi connectivity index (χ2n) is 3.97. The van der Waals surface area contributed by atoms with Gasteiger partial charge in [0.15, 0.2) is 0 Å². The van der Waals surface area contributed by atoms with Crippen molar-refractivity contribution in [2.24, 2.45) is 5.73 Å². The average Bonchev–Trinajstić information content (AvgIpc) is 2.33. The lowest BCUT2D eigenvalue weighted by Crippen LogP contribution is -2.51. The standard InChI is InChI=1S/C12H15N3O2/c13-5-4-9-2-1-3-10(6-9)15-8-11(16)14-7-12(15)17/h1-3,6H,4-5,7-8,13H2,(H,14,16). The summed E-state index contributed by atoms with van der Waals surface area (Å²) in [6, 6.07) is 7.57. The van der Waals surface area contributed by atoms with E-state index in [1.54, 1.807) is 0 Å². The quantitative estimate of drug-likeness (QED) is 0.749. The molecule has 3 N–H and O–H groups in total. The molecule has 0 atom stereocenters. The van der Waals surface area contributed by atoms with Crippen LogP contribution >= 0.6 is 0 Å². The molecular formula is C12H15N3O2. The van der Waals surface area contributed by atoms with Gasteiger partial charge in [0, 0.05) is 5.69 Å². The van der Waals surface area contributed by atoms with Crippen LogP contribution in [0.3, 0.4) is 0 Å². The topological polar surface area (TPSA) is 75.4 Å². The number of carbonyl (C=O) groups excluding carboxylic acids is 2. The molecule has 0 aromatic heterocycles. The zero-order valence-electron chi connectivity index (χ0n) is 9.48.